The Bertz CT molecular complexity index is 827. The first-order chi connectivity index (χ1) is 10.7. The van der Waals surface area contributed by atoms with Gasteiger partial charge < -0.3 is 15.4 Å². The Hall–Kier alpha value is -2.62. The van der Waals surface area contributed by atoms with E-state index in [-0.39, 0.29) is 12.5 Å². The largest absolute Gasteiger partial charge is 0.386 e. The molecule has 6 heteroatoms. The molecule has 2 heterocycles. The molecule has 0 saturated carbocycles. The highest BCUT2D eigenvalue weighted by molar-refractivity contribution is 7.19. The Morgan fingerprint density at radius 1 is 1.36 bits per heavy atom. The Morgan fingerprint density at radius 2 is 2.18 bits per heavy atom. The molecule has 22 heavy (non-hydrogen) atoms. The van der Waals surface area contributed by atoms with Crippen molar-refractivity contribution >= 4 is 27.3 Å². The molecule has 2 aromatic heterocycles. The van der Waals surface area contributed by atoms with Gasteiger partial charge >= 0.3 is 0 Å². The van der Waals surface area contributed by atoms with Crippen LogP contribution >= 0.6 is 11.3 Å². The summed E-state index contributed by atoms with van der Waals surface area (Å²) in [6.07, 6.45) is -0.758. The lowest BCUT2D eigenvalue weighted by Gasteiger charge is -2.09. The predicted molar refractivity (Wildman–Crippen MR) is 84.6 cm³/mol. The zero-order chi connectivity index (χ0) is 15.5. The molecule has 3 rings (SSSR count). The minimum atomic E-state index is -0.758. The number of benzene rings is 1. The quantitative estimate of drug-likeness (QED) is 0.692. The molecular weight excluding hydrogens is 298 g/mol. The molecule has 5 nitrogen and oxygen atoms in total. The highest BCUT2D eigenvalue weighted by atomic mass is 32.1. The molecule has 3 aromatic rings. The van der Waals surface area contributed by atoms with Crippen LogP contribution in [-0.2, 0) is 0 Å². The van der Waals surface area contributed by atoms with Crippen molar-refractivity contribution in [1.82, 2.24) is 10.3 Å². The smallest absolute Gasteiger partial charge is 0.267 e. The average Bonchev–Trinajstić information content (AvgIpc) is 3.18. The molecule has 0 saturated heterocycles. The van der Waals surface area contributed by atoms with Gasteiger partial charge in [-0.3, -0.25) is 4.79 Å². The molecule has 1 amide bonds. The van der Waals surface area contributed by atoms with Crippen LogP contribution in [0.3, 0.4) is 0 Å². The summed E-state index contributed by atoms with van der Waals surface area (Å²) in [5.74, 6) is -0.346. The summed E-state index contributed by atoms with van der Waals surface area (Å²) in [5, 5.41) is 22.7. The van der Waals surface area contributed by atoms with E-state index in [2.05, 4.69) is 10.3 Å². The maximum absolute atomic E-state index is 11.9. The molecule has 0 radical (unpaired) electrons. The third-order valence-corrected chi connectivity index (χ3v) is 4.50. The molecule has 0 aliphatic rings. The number of hydrogen-bond acceptors (Lipinski definition) is 4. The van der Waals surface area contributed by atoms with Gasteiger partial charge in [0.2, 0.25) is 0 Å². The van der Waals surface area contributed by atoms with Crippen LogP contribution in [-0.4, -0.2) is 22.5 Å². The number of amides is 1. The lowest BCUT2D eigenvalue weighted by Crippen LogP contribution is -2.28. The number of aromatic nitrogens is 1. The standard InChI is InChI=1S/C16H13N3O2S/c17-8-11-5-6-12(19-11)16(21)18-9-13(20)15-7-10-3-1-2-4-14(10)22-15/h1-7,13,19-20H,9H2,(H,18,21). The van der Waals surface area contributed by atoms with Gasteiger partial charge in [-0.25, -0.2) is 0 Å². The van der Waals surface area contributed by atoms with Crippen LogP contribution in [0.15, 0.2) is 42.5 Å². The number of thiophene rings is 1. The highest BCUT2D eigenvalue weighted by Crippen LogP contribution is 2.29. The summed E-state index contributed by atoms with van der Waals surface area (Å²) in [6, 6.07) is 14.8. The van der Waals surface area contributed by atoms with Crippen molar-refractivity contribution in [2.75, 3.05) is 6.54 Å². The highest BCUT2D eigenvalue weighted by Gasteiger charge is 2.14. The first-order valence-corrected chi connectivity index (χ1v) is 7.53. The van der Waals surface area contributed by atoms with Gasteiger partial charge in [0.15, 0.2) is 0 Å². The van der Waals surface area contributed by atoms with Gasteiger partial charge in [-0.15, -0.1) is 11.3 Å². The van der Waals surface area contributed by atoms with Gasteiger partial charge in [-0.05, 0) is 29.7 Å². The third kappa shape index (κ3) is 2.86. The third-order valence-electron chi connectivity index (χ3n) is 3.28. The minimum Gasteiger partial charge on any atom is -0.386 e. The number of hydrogen-bond donors (Lipinski definition) is 3. The van der Waals surface area contributed by atoms with Crippen molar-refractivity contribution in [3.63, 3.8) is 0 Å². The van der Waals surface area contributed by atoms with Gasteiger partial charge in [0.1, 0.15) is 23.6 Å². The Labute approximate surface area is 130 Å². The zero-order valence-corrected chi connectivity index (χ0v) is 12.4. The number of aliphatic hydroxyl groups excluding tert-OH is 1. The fourth-order valence-electron chi connectivity index (χ4n) is 2.14. The Morgan fingerprint density at radius 3 is 2.91 bits per heavy atom. The van der Waals surface area contributed by atoms with Crippen molar-refractivity contribution in [3.8, 4) is 6.07 Å². The number of carbonyl (C=O) groups excluding carboxylic acids is 1. The average molecular weight is 311 g/mol. The van der Waals surface area contributed by atoms with Gasteiger partial charge in [0.25, 0.3) is 5.91 Å². The summed E-state index contributed by atoms with van der Waals surface area (Å²) in [5.41, 5.74) is 0.635. The molecular formula is C16H13N3O2S. The lowest BCUT2D eigenvalue weighted by atomic mass is 10.2. The van der Waals surface area contributed by atoms with E-state index in [0.717, 1.165) is 15.0 Å². The van der Waals surface area contributed by atoms with E-state index in [9.17, 15) is 9.90 Å². The van der Waals surface area contributed by atoms with Crippen molar-refractivity contribution in [3.05, 3.63) is 58.7 Å². The molecule has 0 aliphatic carbocycles. The normalized spacial score (nSPS) is 12.0. The van der Waals surface area contributed by atoms with Gasteiger partial charge in [0, 0.05) is 16.1 Å². The Balaban J connectivity index is 1.65. The first kappa shape index (κ1) is 14.3. The maximum Gasteiger partial charge on any atom is 0.267 e. The number of carbonyl (C=O) groups is 1. The number of fused-ring (bicyclic) bond motifs is 1. The molecule has 0 spiro atoms. The second kappa shape index (κ2) is 6.02. The second-order valence-corrected chi connectivity index (χ2v) is 5.93. The number of aromatic amines is 1. The molecule has 0 bridgehead atoms. The van der Waals surface area contributed by atoms with Gasteiger partial charge in [0.05, 0.1) is 0 Å². The summed E-state index contributed by atoms with van der Waals surface area (Å²) in [7, 11) is 0. The van der Waals surface area contributed by atoms with Gasteiger partial charge in [-0.2, -0.15) is 5.26 Å². The van der Waals surface area contributed by atoms with E-state index in [4.69, 9.17) is 5.26 Å². The number of H-pyrrole nitrogens is 1. The number of nitrogens with zero attached hydrogens (tertiary/aromatic N) is 1. The lowest BCUT2D eigenvalue weighted by molar-refractivity contribution is 0.0913. The monoisotopic (exact) mass is 311 g/mol. The van der Waals surface area contributed by atoms with Crippen LogP contribution in [0.25, 0.3) is 10.1 Å². The maximum atomic E-state index is 11.9. The van der Waals surface area contributed by atoms with Crippen LogP contribution in [0.4, 0.5) is 0 Å². The van der Waals surface area contributed by atoms with E-state index < -0.39 is 6.10 Å². The van der Waals surface area contributed by atoms with E-state index >= 15 is 0 Å². The summed E-state index contributed by atoms with van der Waals surface area (Å²) < 4.78 is 1.10. The van der Waals surface area contributed by atoms with E-state index in [1.54, 1.807) is 6.07 Å². The van der Waals surface area contributed by atoms with Crippen molar-refractivity contribution in [2.24, 2.45) is 0 Å². The number of nitrogens with one attached hydrogen (secondary N) is 2. The van der Waals surface area contributed by atoms with Crippen LogP contribution in [0.5, 0.6) is 0 Å². The van der Waals surface area contributed by atoms with E-state index in [0.29, 0.717) is 11.4 Å². The minimum absolute atomic E-state index is 0.118. The van der Waals surface area contributed by atoms with Crippen molar-refractivity contribution in [1.29, 1.82) is 5.26 Å². The van der Waals surface area contributed by atoms with Crippen LogP contribution in [0, 0.1) is 11.3 Å². The Kier molecular flexibility index (Phi) is 3.92. The van der Waals surface area contributed by atoms with E-state index in [1.165, 1.54) is 17.4 Å². The fourth-order valence-corrected chi connectivity index (χ4v) is 3.20. The summed E-state index contributed by atoms with van der Waals surface area (Å²) in [4.78, 5) is 15.4. The molecule has 1 aromatic carbocycles. The van der Waals surface area contributed by atoms with Crippen molar-refractivity contribution < 1.29 is 9.90 Å². The zero-order valence-electron chi connectivity index (χ0n) is 11.5. The van der Waals surface area contributed by atoms with Crippen LogP contribution in [0.2, 0.25) is 0 Å². The predicted octanol–water partition coefficient (Wildman–Crippen LogP) is 2.56. The molecule has 0 aliphatic heterocycles. The first-order valence-electron chi connectivity index (χ1n) is 6.71. The number of nitriles is 1. The topological polar surface area (TPSA) is 88.9 Å². The fraction of sp³-hybridized carbons (Fsp3) is 0.125. The second-order valence-electron chi connectivity index (χ2n) is 4.81. The van der Waals surface area contributed by atoms with Gasteiger partial charge in [-0.1, -0.05) is 18.2 Å². The molecule has 1 unspecified atom stereocenters. The van der Waals surface area contributed by atoms with E-state index in [1.807, 2.05) is 36.4 Å². The molecule has 1 atom stereocenters. The van der Waals surface area contributed by atoms with Crippen LogP contribution < -0.4 is 5.32 Å². The summed E-state index contributed by atoms with van der Waals surface area (Å²) in [6.45, 7) is 0.118. The summed E-state index contributed by atoms with van der Waals surface area (Å²) >= 11 is 1.51. The van der Waals surface area contributed by atoms with Crippen molar-refractivity contribution in [2.45, 2.75) is 6.10 Å². The number of rotatable bonds is 4. The van der Waals surface area contributed by atoms with Crippen LogP contribution in [0.1, 0.15) is 27.2 Å². The molecule has 110 valence electrons. The number of aliphatic hydroxyl groups is 1. The SMILES string of the molecule is N#Cc1ccc(C(=O)NCC(O)c2cc3ccccc3s2)[nH]1. The molecule has 0 fully saturated rings. The molecule has 3 N–H and O–H groups in total.